The Bertz CT molecular complexity index is 561. The highest BCUT2D eigenvalue weighted by molar-refractivity contribution is 6.08. The monoisotopic (exact) mass is 406 g/mol. The highest BCUT2D eigenvalue weighted by atomic mass is 16.5. The maximum Gasteiger partial charge on any atom is 0.254 e. The number of hydrogen-bond acceptors (Lipinski definition) is 4. The van der Waals surface area contributed by atoms with Gasteiger partial charge in [0.05, 0.1) is 6.61 Å². The summed E-state index contributed by atoms with van der Waals surface area (Å²) >= 11 is 0. The number of rotatable bonds is 9. The molecular formula is C23H42N4O2. The molecule has 3 fully saturated rings. The van der Waals surface area contributed by atoms with Crippen LogP contribution in [0.1, 0.15) is 77.0 Å². The molecule has 166 valence electrons. The molecule has 0 unspecified atom stereocenters. The second kappa shape index (κ2) is 10.8. The van der Waals surface area contributed by atoms with Crippen LogP contribution in [0.3, 0.4) is 0 Å². The molecule has 0 aromatic heterocycles. The van der Waals surface area contributed by atoms with Gasteiger partial charge in [-0.2, -0.15) is 0 Å². The highest BCUT2D eigenvalue weighted by Crippen LogP contribution is 2.38. The fourth-order valence-corrected chi connectivity index (χ4v) is 5.83. The Morgan fingerprint density at radius 2 is 1.93 bits per heavy atom. The van der Waals surface area contributed by atoms with Gasteiger partial charge in [0.15, 0.2) is 0 Å². The van der Waals surface area contributed by atoms with Crippen LogP contribution in [-0.2, 0) is 9.53 Å². The van der Waals surface area contributed by atoms with E-state index in [9.17, 15) is 4.79 Å². The number of carbonyl (C=O) groups excluding carboxylic acids is 1. The van der Waals surface area contributed by atoms with E-state index in [0.717, 1.165) is 50.7 Å². The van der Waals surface area contributed by atoms with Gasteiger partial charge in [-0.25, -0.2) is 0 Å². The summed E-state index contributed by atoms with van der Waals surface area (Å²) in [6.07, 6.45) is 14.7. The van der Waals surface area contributed by atoms with Gasteiger partial charge in [0.2, 0.25) is 5.96 Å². The predicted octanol–water partition coefficient (Wildman–Crippen LogP) is 3.32. The van der Waals surface area contributed by atoms with Crippen molar-refractivity contribution in [2.24, 2.45) is 16.8 Å². The molecule has 6 nitrogen and oxygen atoms in total. The third-order valence-electron chi connectivity index (χ3n) is 7.46. The van der Waals surface area contributed by atoms with Crippen LogP contribution in [0.2, 0.25) is 0 Å². The van der Waals surface area contributed by atoms with Crippen molar-refractivity contribution >= 4 is 11.9 Å². The van der Waals surface area contributed by atoms with Crippen molar-refractivity contribution < 1.29 is 9.53 Å². The number of nitrogens with one attached hydrogen (secondary N) is 2. The fraction of sp³-hybridized carbons (Fsp3) is 0.913. The van der Waals surface area contributed by atoms with Crippen LogP contribution in [0.15, 0.2) is 4.99 Å². The molecule has 3 atom stereocenters. The molecule has 3 rings (SSSR count). The Morgan fingerprint density at radius 3 is 2.62 bits per heavy atom. The third kappa shape index (κ3) is 5.72. The molecule has 1 saturated heterocycles. The van der Waals surface area contributed by atoms with Crippen LogP contribution in [0.25, 0.3) is 0 Å². The zero-order valence-corrected chi connectivity index (χ0v) is 18.8. The Labute approximate surface area is 177 Å². The summed E-state index contributed by atoms with van der Waals surface area (Å²) < 4.78 is 5.19. The number of methoxy groups -OCH3 is 1. The van der Waals surface area contributed by atoms with Gasteiger partial charge in [-0.05, 0) is 43.9 Å². The third-order valence-corrected chi connectivity index (χ3v) is 7.46. The molecule has 2 aliphatic carbocycles. The lowest BCUT2D eigenvalue weighted by atomic mass is 9.74. The van der Waals surface area contributed by atoms with Crippen LogP contribution in [0, 0.1) is 11.8 Å². The second-order valence-corrected chi connectivity index (χ2v) is 9.54. The second-order valence-electron chi connectivity index (χ2n) is 9.54. The van der Waals surface area contributed by atoms with Crippen LogP contribution in [0.4, 0.5) is 0 Å². The van der Waals surface area contributed by atoms with Crippen molar-refractivity contribution in [1.82, 2.24) is 15.5 Å². The number of guanidine groups is 1. The van der Waals surface area contributed by atoms with Crippen LogP contribution in [-0.4, -0.2) is 62.7 Å². The zero-order chi connectivity index (χ0) is 20.7. The van der Waals surface area contributed by atoms with Gasteiger partial charge in [0, 0.05) is 33.8 Å². The topological polar surface area (TPSA) is 66.0 Å². The molecule has 1 aliphatic heterocycles. The zero-order valence-electron chi connectivity index (χ0n) is 18.8. The van der Waals surface area contributed by atoms with Gasteiger partial charge < -0.3 is 15.4 Å². The molecule has 2 N–H and O–H groups in total. The first-order valence-corrected chi connectivity index (χ1v) is 11.8. The predicted molar refractivity (Wildman–Crippen MR) is 118 cm³/mol. The number of ether oxygens (including phenoxy) is 1. The summed E-state index contributed by atoms with van der Waals surface area (Å²) in [6, 6.07) is 0.549. The fourth-order valence-electron chi connectivity index (χ4n) is 5.83. The van der Waals surface area contributed by atoms with E-state index < -0.39 is 5.54 Å². The largest absolute Gasteiger partial charge is 0.383 e. The van der Waals surface area contributed by atoms with E-state index in [1.165, 1.54) is 51.4 Å². The first-order valence-electron chi connectivity index (χ1n) is 11.8. The van der Waals surface area contributed by atoms with E-state index in [4.69, 9.17) is 4.74 Å². The van der Waals surface area contributed by atoms with Crippen molar-refractivity contribution in [1.29, 1.82) is 0 Å². The van der Waals surface area contributed by atoms with E-state index >= 15 is 0 Å². The lowest BCUT2D eigenvalue weighted by Gasteiger charge is -2.37. The van der Waals surface area contributed by atoms with Crippen LogP contribution in [0.5, 0.6) is 0 Å². The molecule has 29 heavy (non-hydrogen) atoms. The van der Waals surface area contributed by atoms with Crippen molar-refractivity contribution in [2.45, 2.75) is 88.6 Å². The van der Waals surface area contributed by atoms with Crippen LogP contribution >= 0.6 is 0 Å². The minimum Gasteiger partial charge on any atom is -0.383 e. The number of amides is 1. The first kappa shape index (κ1) is 22.5. The summed E-state index contributed by atoms with van der Waals surface area (Å²) in [5.41, 5.74) is -0.458. The minimum atomic E-state index is -0.458. The maximum atomic E-state index is 13.4. The lowest BCUT2D eigenvalue weighted by molar-refractivity contribution is -0.131. The Hall–Kier alpha value is -1.14. The molecule has 0 aromatic carbocycles. The van der Waals surface area contributed by atoms with Crippen LogP contribution < -0.4 is 10.6 Å². The summed E-state index contributed by atoms with van der Waals surface area (Å²) in [6.45, 7) is 1.67. The molecule has 6 heteroatoms. The maximum absolute atomic E-state index is 13.4. The molecule has 3 aliphatic rings. The molecule has 1 heterocycles. The van der Waals surface area contributed by atoms with Gasteiger partial charge in [-0.3, -0.25) is 14.7 Å². The Balaban J connectivity index is 1.65. The standard InChI is InChI=1S/C23H42N4O2/c1-24-22-26-23(21(28)27(22)2,13-12-18-8-5-4-6-9-18)17-19-10-7-11-20(16-19)25-14-15-29-3/h18-20,25H,4-17H2,1-3H3,(H,24,26)/t19-,20-,23+/m0/s1. The van der Waals surface area contributed by atoms with E-state index in [1.54, 1.807) is 19.1 Å². The molecule has 2 saturated carbocycles. The summed E-state index contributed by atoms with van der Waals surface area (Å²) in [5, 5.41) is 7.24. The van der Waals surface area contributed by atoms with Gasteiger partial charge in [-0.15, -0.1) is 0 Å². The van der Waals surface area contributed by atoms with E-state index in [2.05, 4.69) is 15.6 Å². The SMILES string of the molecule is C/N=C1\N[C@](CCC2CCCCC2)(C[C@H]2CCC[C@H](NCCOC)C2)C(=O)N1C. The molecular weight excluding hydrogens is 364 g/mol. The summed E-state index contributed by atoms with van der Waals surface area (Å²) in [7, 11) is 5.40. The van der Waals surface area contributed by atoms with E-state index in [1.807, 2.05) is 7.05 Å². The van der Waals surface area contributed by atoms with E-state index in [-0.39, 0.29) is 5.91 Å². The van der Waals surface area contributed by atoms with Crippen molar-refractivity contribution in [2.75, 3.05) is 34.4 Å². The van der Waals surface area contributed by atoms with Crippen molar-refractivity contribution in [3.63, 3.8) is 0 Å². The number of hydrogen-bond donors (Lipinski definition) is 2. The summed E-state index contributed by atoms with van der Waals surface area (Å²) in [5.74, 6) is 2.33. The van der Waals surface area contributed by atoms with E-state index in [0.29, 0.717) is 12.0 Å². The average Bonchev–Trinajstić information content (AvgIpc) is 2.98. The Morgan fingerprint density at radius 1 is 1.17 bits per heavy atom. The molecule has 0 spiro atoms. The van der Waals surface area contributed by atoms with Gasteiger partial charge in [-0.1, -0.05) is 44.9 Å². The summed E-state index contributed by atoms with van der Waals surface area (Å²) in [4.78, 5) is 19.5. The number of aliphatic imine (C=N–C) groups is 1. The minimum absolute atomic E-state index is 0.225. The van der Waals surface area contributed by atoms with Gasteiger partial charge in [0.25, 0.3) is 5.91 Å². The number of likely N-dealkylation sites (N-methyl/N-ethyl adjacent to an activating group) is 1. The quantitative estimate of drug-likeness (QED) is 0.577. The normalized spacial score (nSPS) is 32.7. The van der Waals surface area contributed by atoms with Gasteiger partial charge in [0.1, 0.15) is 5.54 Å². The van der Waals surface area contributed by atoms with Crippen molar-refractivity contribution in [3.8, 4) is 0 Å². The Kier molecular flexibility index (Phi) is 8.36. The first-order chi connectivity index (χ1) is 14.1. The lowest BCUT2D eigenvalue weighted by Crippen LogP contribution is -2.50. The van der Waals surface area contributed by atoms with Gasteiger partial charge >= 0.3 is 0 Å². The number of carbonyl (C=O) groups is 1. The molecule has 0 aromatic rings. The van der Waals surface area contributed by atoms with Crippen molar-refractivity contribution in [3.05, 3.63) is 0 Å². The molecule has 0 bridgehead atoms. The number of nitrogens with zero attached hydrogens (tertiary/aromatic N) is 2. The molecule has 0 radical (unpaired) electrons. The molecule has 1 amide bonds. The highest BCUT2D eigenvalue weighted by Gasteiger charge is 2.49. The smallest absolute Gasteiger partial charge is 0.254 e. The average molecular weight is 407 g/mol.